The lowest BCUT2D eigenvalue weighted by atomic mass is 9.67. The highest BCUT2D eigenvalue weighted by Crippen LogP contribution is 2.59. The molecule has 0 N–H and O–H groups in total. The van der Waals surface area contributed by atoms with Crippen LogP contribution in [-0.2, 0) is 5.41 Å². The lowest BCUT2D eigenvalue weighted by Gasteiger charge is -2.34. The zero-order chi connectivity index (χ0) is 22.9. The lowest BCUT2D eigenvalue weighted by molar-refractivity contribution is 0.668. The third-order valence-electron chi connectivity index (χ3n) is 7.07. The van der Waals surface area contributed by atoms with E-state index in [4.69, 9.17) is 4.42 Å². The van der Waals surface area contributed by atoms with Gasteiger partial charge in [-0.15, -0.1) is 0 Å². The highest BCUT2D eigenvalue weighted by atomic mass is 79.9. The van der Waals surface area contributed by atoms with Crippen molar-refractivity contribution in [2.45, 2.75) is 5.41 Å². The molecule has 0 spiro atoms. The first-order valence-corrected chi connectivity index (χ1v) is 12.8. The fourth-order valence-electron chi connectivity index (χ4n) is 5.77. The maximum atomic E-state index is 6.59. The van der Waals surface area contributed by atoms with E-state index in [1.807, 2.05) is 12.1 Å². The van der Waals surface area contributed by atoms with Crippen LogP contribution in [0.25, 0.3) is 33.1 Å². The van der Waals surface area contributed by atoms with Gasteiger partial charge in [-0.2, -0.15) is 0 Å². The summed E-state index contributed by atoms with van der Waals surface area (Å²) in [6.07, 6.45) is 0. The van der Waals surface area contributed by atoms with Crippen molar-refractivity contribution in [2.75, 3.05) is 0 Å². The zero-order valence-electron chi connectivity index (χ0n) is 18.1. The van der Waals surface area contributed by atoms with E-state index in [0.29, 0.717) is 0 Å². The molecule has 5 aromatic carbocycles. The molecule has 162 valence electrons. The molecule has 3 heteroatoms. The summed E-state index contributed by atoms with van der Waals surface area (Å²) in [4.78, 5) is 0. The Balaban J connectivity index is 1.74. The van der Waals surface area contributed by atoms with E-state index >= 15 is 0 Å². The molecule has 1 aliphatic rings. The van der Waals surface area contributed by atoms with Crippen molar-refractivity contribution in [1.29, 1.82) is 0 Å². The second-order valence-corrected chi connectivity index (χ2v) is 10.5. The molecular formula is C31H18Br2O. The lowest BCUT2D eigenvalue weighted by Crippen LogP contribution is -2.28. The molecule has 1 heterocycles. The van der Waals surface area contributed by atoms with Crippen molar-refractivity contribution in [1.82, 2.24) is 0 Å². The minimum atomic E-state index is -0.466. The van der Waals surface area contributed by atoms with Gasteiger partial charge in [0.15, 0.2) is 0 Å². The first-order valence-electron chi connectivity index (χ1n) is 11.3. The van der Waals surface area contributed by atoms with Crippen molar-refractivity contribution in [3.8, 4) is 11.1 Å². The predicted octanol–water partition coefficient (Wildman–Crippen LogP) is 9.47. The number of furan rings is 1. The van der Waals surface area contributed by atoms with Crippen LogP contribution in [0.4, 0.5) is 0 Å². The molecule has 0 amide bonds. The predicted molar refractivity (Wildman–Crippen MR) is 146 cm³/mol. The van der Waals surface area contributed by atoms with Crippen molar-refractivity contribution < 1.29 is 4.42 Å². The van der Waals surface area contributed by atoms with Gasteiger partial charge in [0.25, 0.3) is 0 Å². The summed E-state index contributed by atoms with van der Waals surface area (Å²) < 4.78 is 8.70. The van der Waals surface area contributed by atoms with Crippen LogP contribution >= 0.6 is 31.9 Å². The summed E-state index contributed by atoms with van der Waals surface area (Å²) >= 11 is 7.70. The molecule has 0 radical (unpaired) electrons. The maximum Gasteiger partial charge on any atom is 0.144 e. The molecule has 0 bridgehead atoms. The van der Waals surface area contributed by atoms with Crippen LogP contribution in [0.3, 0.4) is 0 Å². The van der Waals surface area contributed by atoms with Gasteiger partial charge in [0.2, 0.25) is 0 Å². The Labute approximate surface area is 214 Å². The van der Waals surface area contributed by atoms with E-state index in [0.717, 1.165) is 30.9 Å². The summed E-state index contributed by atoms with van der Waals surface area (Å²) in [6.45, 7) is 0. The third kappa shape index (κ3) is 2.60. The van der Waals surface area contributed by atoms with Gasteiger partial charge in [-0.3, -0.25) is 0 Å². The topological polar surface area (TPSA) is 13.1 Å². The SMILES string of the molecule is Brc1ccc2c(c1)C(c1ccccc1)(c1ccccc1)c1cc(Br)c3c(oc4ccccc43)c1-2. The van der Waals surface area contributed by atoms with Crippen LogP contribution < -0.4 is 0 Å². The summed E-state index contributed by atoms with van der Waals surface area (Å²) in [7, 11) is 0. The van der Waals surface area contributed by atoms with Crippen molar-refractivity contribution in [3.05, 3.63) is 140 Å². The smallest absolute Gasteiger partial charge is 0.144 e. The third-order valence-corrected chi connectivity index (χ3v) is 8.19. The zero-order valence-corrected chi connectivity index (χ0v) is 21.2. The van der Waals surface area contributed by atoms with Crippen LogP contribution in [0.15, 0.2) is 123 Å². The quantitative estimate of drug-likeness (QED) is 0.203. The van der Waals surface area contributed by atoms with Gasteiger partial charge < -0.3 is 4.42 Å². The molecule has 6 aromatic rings. The number of halogens is 2. The number of benzene rings is 5. The molecule has 0 saturated heterocycles. The Hall–Kier alpha value is -3.14. The summed E-state index contributed by atoms with van der Waals surface area (Å²) in [5.74, 6) is 0. The Morgan fingerprint density at radius 2 is 1.26 bits per heavy atom. The van der Waals surface area contributed by atoms with Crippen molar-refractivity contribution in [2.24, 2.45) is 0 Å². The molecule has 1 nitrogen and oxygen atoms in total. The number of para-hydroxylation sites is 1. The molecule has 34 heavy (non-hydrogen) atoms. The van der Waals surface area contributed by atoms with Gasteiger partial charge in [-0.05, 0) is 52.1 Å². The van der Waals surface area contributed by atoms with E-state index in [9.17, 15) is 0 Å². The van der Waals surface area contributed by atoms with Crippen LogP contribution in [0.5, 0.6) is 0 Å². The van der Waals surface area contributed by atoms with Gasteiger partial charge in [0.05, 0.1) is 5.41 Å². The second kappa shape index (κ2) is 7.43. The summed E-state index contributed by atoms with van der Waals surface area (Å²) in [5.41, 5.74) is 8.72. The van der Waals surface area contributed by atoms with Crippen LogP contribution in [0.2, 0.25) is 0 Å². The Bertz CT molecular complexity index is 1680. The molecule has 0 fully saturated rings. The molecular weight excluding hydrogens is 548 g/mol. The largest absolute Gasteiger partial charge is 0.455 e. The van der Waals surface area contributed by atoms with Crippen molar-refractivity contribution in [3.63, 3.8) is 0 Å². The highest BCUT2D eigenvalue weighted by molar-refractivity contribution is 9.11. The molecule has 0 saturated carbocycles. The van der Waals surface area contributed by atoms with Gasteiger partial charge in [0, 0.05) is 25.3 Å². The van der Waals surface area contributed by atoms with E-state index in [1.165, 1.54) is 33.4 Å². The summed E-state index contributed by atoms with van der Waals surface area (Å²) in [5, 5.41) is 2.25. The van der Waals surface area contributed by atoms with Crippen LogP contribution in [-0.4, -0.2) is 0 Å². The first-order chi connectivity index (χ1) is 16.7. The summed E-state index contributed by atoms with van der Waals surface area (Å²) in [6, 6.07) is 38.9. The van der Waals surface area contributed by atoms with E-state index in [2.05, 4.69) is 129 Å². The van der Waals surface area contributed by atoms with E-state index < -0.39 is 5.41 Å². The maximum absolute atomic E-state index is 6.59. The van der Waals surface area contributed by atoms with Gasteiger partial charge in [-0.1, -0.05) is 117 Å². The Morgan fingerprint density at radius 3 is 1.97 bits per heavy atom. The average molecular weight is 566 g/mol. The van der Waals surface area contributed by atoms with E-state index in [1.54, 1.807) is 0 Å². The first kappa shape index (κ1) is 20.3. The fourth-order valence-corrected chi connectivity index (χ4v) is 6.75. The van der Waals surface area contributed by atoms with Gasteiger partial charge >= 0.3 is 0 Å². The number of hydrogen-bond acceptors (Lipinski definition) is 1. The van der Waals surface area contributed by atoms with Gasteiger partial charge in [-0.25, -0.2) is 0 Å². The molecule has 0 unspecified atom stereocenters. The molecule has 0 aliphatic heterocycles. The minimum Gasteiger partial charge on any atom is -0.455 e. The van der Waals surface area contributed by atoms with Gasteiger partial charge in [0.1, 0.15) is 11.2 Å². The normalized spacial score (nSPS) is 13.8. The number of fused-ring (bicyclic) bond motifs is 7. The number of rotatable bonds is 2. The molecule has 0 atom stereocenters. The van der Waals surface area contributed by atoms with E-state index in [-0.39, 0.29) is 0 Å². The van der Waals surface area contributed by atoms with Crippen molar-refractivity contribution >= 4 is 53.8 Å². The average Bonchev–Trinajstić information content (AvgIpc) is 3.39. The van der Waals surface area contributed by atoms with Crippen LogP contribution in [0.1, 0.15) is 22.3 Å². The standard InChI is InChI=1S/C31H18Br2O/c32-21-15-16-22-24(17-21)31(19-9-3-1-4-10-19,20-11-5-2-6-12-20)25-18-26(33)29-23-13-7-8-14-27(23)34-30(29)28(22)25/h1-18H. The Morgan fingerprint density at radius 1 is 0.618 bits per heavy atom. The van der Waals surface area contributed by atoms with Crippen LogP contribution in [0, 0.1) is 0 Å². The fraction of sp³-hybridized carbons (Fsp3) is 0.0323. The Kier molecular flexibility index (Phi) is 4.42. The second-order valence-electron chi connectivity index (χ2n) is 8.76. The highest BCUT2D eigenvalue weighted by Gasteiger charge is 2.47. The number of hydrogen-bond donors (Lipinski definition) is 0. The minimum absolute atomic E-state index is 0.466. The molecule has 1 aromatic heterocycles. The molecule has 7 rings (SSSR count). The molecule has 1 aliphatic carbocycles. The monoisotopic (exact) mass is 564 g/mol.